The molecule has 2 aliphatic carbocycles. The van der Waals surface area contributed by atoms with Crippen LogP contribution in [0.15, 0.2) is 84.0 Å². The molecule has 3 aromatic rings. The summed E-state index contributed by atoms with van der Waals surface area (Å²) >= 11 is 12.7. The van der Waals surface area contributed by atoms with Crippen molar-refractivity contribution < 1.29 is 0 Å². The Morgan fingerprint density at radius 1 is 0.953 bits per heavy atom. The van der Waals surface area contributed by atoms with Gasteiger partial charge in [-0.15, -0.1) is 11.6 Å². The maximum Gasteiger partial charge on any atom is 0.145 e. The predicted molar refractivity (Wildman–Crippen MR) is 176 cm³/mol. The summed E-state index contributed by atoms with van der Waals surface area (Å²) in [6.07, 6.45) is 13.2. The van der Waals surface area contributed by atoms with Crippen LogP contribution < -0.4 is 5.32 Å². The van der Waals surface area contributed by atoms with Gasteiger partial charge in [-0.2, -0.15) is 5.26 Å². The summed E-state index contributed by atoms with van der Waals surface area (Å²) in [4.78, 5) is 15.1. The Morgan fingerprint density at radius 3 is 2.49 bits per heavy atom. The van der Waals surface area contributed by atoms with Gasteiger partial charge in [-0.05, 0) is 67.0 Å². The predicted octanol–water partition coefficient (Wildman–Crippen LogP) is 7.69. The molecule has 43 heavy (non-hydrogen) atoms. The molecular weight excluding hydrogens is 575 g/mol. The van der Waals surface area contributed by atoms with Gasteiger partial charge >= 0.3 is 0 Å². The Balaban J connectivity index is 1.15. The van der Waals surface area contributed by atoms with E-state index in [0.29, 0.717) is 36.8 Å². The molecule has 0 spiro atoms. The van der Waals surface area contributed by atoms with E-state index in [1.165, 1.54) is 18.4 Å². The van der Waals surface area contributed by atoms with Crippen LogP contribution in [0, 0.1) is 17.2 Å². The van der Waals surface area contributed by atoms with Crippen molar-refractivity contribution in [2.75, 3.05) is 38.0 Å². The number of rotatable bonds is 8. The highest BCUT2D eigenvalue weighted by Crippen LogP contribution is 2.40. The molecule has 1 aromatic heterocycles. The first-order valence-corrected chi connectivity index (χ1v) is 16.2. The first-order chi connectivity index (χ1) is 21.1. The number of nitrogens with zero attached hydrogens (tertiary/aromatic N) is 5. The number of halogens is 2. The van der Waals surface area contributed by atoms with Crippen LogP contribution in [0.5, 0.6) is 0 Å². The minimum atomic E-state index is 0.311. The zero-order chi connectivity index (χ0) is 29.6. The van der Waals surface area contributed by atoms with Crippen molar-refractivity contribution in [3.8, 4) is 6.07 Å². The summed E-state index contributed by atoms with van der Waals surface area (Å²) in [6, 6.07) is 19.4. The van der Waals surface area contributed by atoms with E-state index in [1.807, 2.05) is 54.6 Å². The second-order valence-electron chi connectivity index (χ2n) is 11.8. The molecule has 0 amide bonds. The van der Waals surface area contributed by atoms with E-state index in [0.717, 1.165) is 77.7 Å². The molecule has 0 bridgehead atoms. The Kier molecular flexibility index (Phi) is 9.75. The molecule has 6 rings (SSSR count). The maximum absolute atomic E-state index is 9.65. The molecule has 6 nitrogen and oxygen atoms in total. The smallest absolute Gasteiger partial charge is 0.145 e. The lowest BCUT2D eigenvalue weighted by atomic mass is 9.80. The van der Waals surface area contributed by atoms with Crippen LogP contribution in [0.1, 0.15) is 49.5 Å². The van der Waals surface area contributed by atoms with Gasteiger partial charge in [0.1, 0.15) is 11.6 Å². The summed E-state index contributed by atoms with van der Waals surface area (Å²) in [7, 11) is 0. The number of nitrogens with one attached hydrogen (secondary N) is 1. The number of para-hydroxylation sites is 1. The second-order valence-corrected chi connectivity index (χ2v) is 12.8. The van der Waals surface area contributed by atoms with Crippen LogP contribution in [-0.4, -0.2) is 57.9 Å². The third-order valence-electron chi connectivity index (χ3n) is 9.01. The number of allylic oxidation sites excluding steroid dienone is 4. The van der Waals surface area contributed by atoms with Crippen LogP contribution in [0.25, 0.3) is 10.9 Å². The molecule has 1 N–H and O–H groups in total. The molecule has 1 aliphatic heterocycles. The van der Waals surface area contributed by atoms with Crippen molar-refractivity contribution in [1.29, 1.82) is 5.26 Å². The Labute approximate surface area is 264 Å². The molecule has 0 radical (unpaired) electrons. The van der Waals surface area contributed by atoms with Gasteiger partial charge in [0, 0.05) is 66.5 Å². The number of fused-ring (bicyclic) bond motifs is 1. The quantitative estimate of drug-likeness (QED) is 0.263. The third kappa shape index (κ3) is 7.30. The molecule has 1 saturated carbocycles. The van der Waals surface area contributed by atoms with Gasteiger partial charge in [-0.3, -0.25) is 9.80 Å². The van der Waals surface area contributed by atoms with Gasteiger partial charge < -0.3 is 5.32 Å². The molecule has 8 heteroatoms. The summed E-state index contributed by atoms with van der Waals surface area (Å²) in [5, 5.41) is 15.3. The zero-order valence-corrected chi connectivity index (χ0v) is 25.9. The van der Waals surface area contributed by atoms with Crippen molar-refractivity contribution in [3.63, 3.8) is 0 Å². The minimum absolute atomic E-state index is 0.311. The lowest BCUT2D eigenvalue weighted by molar-refractivity contribution is 0.0541. The molecular formula is C35H38Cl2N6. The first kappa shape index (κ1) is 29.8. The topological polar surface area (TPSA) is 68.1 Å². The SMILES string of the molecule is N#CC1=C(CNc2nc(CN3CCN(C(c4ccc(Cl)cc4)C4CCC(Cl)CC4)CC3)nc3ccccc23)C=CC=CC1. The van der Waals surface area contributed by atoms with E-state index in [-0.39, 0.29) is 0 Å². The Hall–Kier alpha value is -3.21. The average molecular weight is 614 g/mol. The number of hydrogen-bond acceptors (Lipinski definition) is 6. The number of alkyl halides is 1. The standard InChI is InChI=1S/C35H38Cl2N6/c36-29-14-10-25(11-15-29)34(26-12-16-30(37)17-13-26)43-20-18-42(19-21-43)24-33-40-32-9-5-4-8-31(32)35(41-33)39-23-28-7-3-1-2-6-27(28)22-38/h1-5,7-11,14-15,26,30,34H,6,12-13,16-21,23-24H2,(H,39,40,41). The number of nitriles is 1. The van der Waals surface area contributed by atoms with E-state index in [9.17, 15) is 5.26 Å². The van der Waals surface area contributed by atoms with Crippen molar-refractivity contribution in [1.82, 2.24) is 19.8 Å². The van der Waals surface area contributed by atoms with Crippen LogP contribution in [0.3, 0.4) is 0 Å². The van der Waals surface area contributed by atoms with Gasteiger partial charge in [0.25, 0.3) is 0 Å². The lowest BCUT2D eigenvalue weighted by Gasteiger charge is -2.44. The molecule has 222 valence electrons. The van der Waals surface area contributed by atoms with Crippen LogP contribution in [-0.2, 0) is 6.54 Å². The molecule has 1 unspecified atom stereocenters. The summed E-state index contributed by atoms with van der Waals surface area (Å²) < 4.78 is 0. The van der Waals surface area contributed by atoms with E-state index in [4.69, 9.17) is 33.2 Å². The van der Waals surface area contributed by atoms with Crippen molar-refractivity contribution >= 4 is 39.9 Å². The fraction of sp³-hybridized carbons (Fsp3) is 0.400. The number of piperazine rings is 1. The van der Waals surface area contributed by atoms with Gasteiger partial charge in [-0.25, -0.2) is 9.97 Å². The molecule has 1 saturated heterocycles. The van der Waals surface area contributed by atoms with Crippen LogP contribution >= 0.6 is 23.2 Å². The average Bonchev–Trinajstić information content (AvgIpc) is 3.27. The molecule has 2 heterocycles. The van der Waals surface area contributed by atoms with E-state index >= 15 is 0 Å². The van der Waals surface area contributed by atoms with Gasteiger partial charge in [0.05, 0.1) is 18.1 Å². The van der Waals surface area contributed by atoms with Crippen molar-refractivity contribution in [2.45, 2.75) is 50.1 Å². The highest BCUT2D eigenvalue weighted by Gasteiger charge is 2.34. The number of aromatic nitrogens is 2. The van der Waals surface area contributed by atoms with Crippen LogP contribution in [0.2, 0.25) is 5.02 Å². The summed E-state index contributed by atoms with van der Waals surface area (Å²) in [6.45, 7) is 5.16. The number of anilines is 1. The Bertz CT molecular complexity index is 1540. The molecule has 2 fully saturated rings. The van der Waals surface area contributed by atoms with E-state index < -0.39 is 0 Å². The molecule has 1 atom stereocenters. The Morgan fingerprint density at radius 2 is 1.72 bits per heavy atom. The molecule has 2 aromatic carbocycles. The molecule has 3 aliphatic rings. The highest BCUT2D eigenvalue weighted by atomic mass is 35.5. The van der Waals surface area contributed by atoms with E-state index in [1.54, 1.807) is 0 Å². The summed E-state index contributed by atoms with van der Waals surface area (Å²) in [5.74, 6) is 2.24. The number of benzene rings is 2. The largest absolute Gasteiger partial charge is 0.365 e. The fourth-order valence-electron chi connectivity index (χ4n) is 6.70. The van der Waals surface area contributed by atoms with Crippen LogP contribution in [0.4, 0.5) is 5.82 Å². The van der Waals surface area contributed by atoms with Gasteiger partial charge in [-0.1, -0.05) is 60.2 Å². The second kappa shape index (κ2) is 14.1. The summed E-state index contributed by atoms with van der Waals surface area (Å²) in [5.41, 5.74) is 4.06. The maximum atomic E-state index is 9.65. The van der Waals surface area contributed by atoms with Gasteiger partial charge in [0.15, 0.2) is 0 Å². The third-order valence-corrected chi connectivity index (χ3v) is 9.70. The monoisotopic (exact) mass is 612 g/mol. The van der Waals surface area contributed by atoms with Crippen molar-refractivity contribution in [2.24, 2.45) is 5.92 Å². The van der Waals surface area contributed by atoms with Gasteiger partial charge in [0.2, 0.25) is 0 Å². The van der Waals surface area contributed by atoms with E-state index in [2.05, 4.69) is 39.4 Å². The highest BCUT2D eigenvalue weighted by molar-refractivity contribution is 6.30. The fourth-order valence-corrected chi connectivity index (χ4v) is 7.07. The first-order valence-electron chi connectivity index (χ1n) is 15.4. The minimum Gasteiger partial charge on any atom is -0.365 e. The van der Waals surface area contributed by atoms with Crippen molar-refractivity contribution in [3.05, 3.63) is 100 Å². The number of hydrogen-bond donors (Lipinski definition) is 1. The zero-order valence-electron chi connectivity index (χ0n) is 24.4. The normalized spacial score (nSPS) is 22.3. The lowest BCUT2D eigenvalue weighted by Crippen LogP contribution is -2.49.